The van der Waals surface area contributed by atoms with Gasteiger partial charge < -0.3 is 20.1 Å². The average molecular weight is 310 g/mol. The maximum Gasteiger partial charge on any atom is 0.319 e. The van der Waals surface area contributed by atoms with Crippen molar-refractivity contribution in [1.29, 1.82) is 0 Å². The molecule has 0 fully saturated rings. The Bertz CT molecular complexity index is 698. The Morgan fingerprint density at radius 1 is 0.957 bits per heavy atom. The summed E-state index contributed by atoms with van der Waals surface area (Å²) in [4.78, 5) is 11.7. The van der Waals surface area contributed by atoms with Crippen molar-refractivity contribution < 1.29 is 14.3 Å². The Morgan fingerprint density at radius 2 is 1.52 bits per heavy atom. The fraction of sp³-hybridized carbons (Fsp3) is 0.167. The molecule has 5 heteroatoms. The lowest BCUT2D eigenvalue weighted by molar-refractivity contribution is 0.253. The largest absolute Gasteiger partial charge is 0.497 e. The molecule has 0 spiro atoms. The molecule has 0 saturated carbocycles. The number of anilines is 1. The lowest BCUT2D eigenvalue weighted by Gasteiger charge is -2.06. The molecule has 2 aromatic carbocycles. The van der Waals surface area contributed by atoms with Crippen LogP contribution >= 0.6 is 0 Å². The van der Waals surface area contributed by atoms with E-state index in [0.717, 1.165) is 17.1 Å². The molecule has 23 heavy (non-hydrogen) atoms. The van der Waals surface area contributed by atoms with Crippen LogP contribution in [0.1, 0.15) is 5.56 Å². The van der Waals surface area contributed by atoms with Gasteiger partial charge in [0.1, 0.15) is 11.5 Å². The predicted molar refractivity (Wildman–Crippen MR) is 89.9 cm³/mol. The highest BCUT2D eigenvalue weighted by atomic mass is 16.5. The summed E-state index contributed by atoms with van der Waals surface area (Å²) >= 11 is 0. The molecule has 2 amide bonds. The average Bonchev–Trinajstić information content (AvgIpc) is 2.60. The van der Waals surface area contributed by atoms with E-state index >= 15 is 0 Å². The summed E-state index contributed by atoms with van der Waals surface area (Å²) in [6.45, 7) is 0.258. The molecule has 0 aliphatic rings. The highest BCUT2D eigenvalue weighted by molar-refractivity contribution is 5.89. The number of ether oxygens (including phenoxy) is 2. The van der Waals surface area contributed by atoms with Crippen molar-refractivity contribution in [2.24, 2.45) is 0 Å². The van der Waals surface area contributed by atoms with Gasteiger partial charge in [0.25, 0.3) is 0 Å². The molecule has 2 rings (SSSR count). The van der Waals surface area contributed by atoms with E-state index in [4.69, 9.17) is 9.47 Å². The smallest absolute Gasteiger partial charge is 0.319 e. The first kappa shape index (κ1) is 16.2. The molecule has 0 aromatic heterocycles. The molecule has 118 valence electrons. The van der Waals surface area contributed by atoms with Crippen LogP contribution in [0.4, 0.5) is 10.5 Å². The third-order valence-electron chi connectivity index (χ3n) is 3.01. The zero-order valence-electron chi connectivity index (χ0n) is 13.1. The number of rotatable bonds is 4. The number of methoxy groups -OCH3 is 2. The SMILES string of the molecule is COc1ccc(C#CCNC(=O)Nc2ccc(OC)cc2)cc1. The van der Waals surface area contributed by atoms with Gasteiger partial charge in [-0.1, -0.05) is 11.8 Å². The second-order valence-electron chi connectivity index (χ2n) is 4.57. The summed E-state index contributed by atoms with van der Waals surface area (Å²) in [6, 6.07) is 14.2. The van der Waals surface area contributed by atoms with Crippen LogP contribution in [0.5, 0.6) is 11.5 Å². The van der Waals surface area contributed by atoms with Crippen LogP contribution in [0.25, 0.3) is 0 Å². The Balaban J connectivity index is 1.78. The number of benzene rings is 2. The Labute approximate surface area is 135 Å². The number of urea groups is 1. The van der Waals surface area contributed by atoms with Gasteiger partial charge in [0, 0.05) is 11.3 Å². The number of carbonyl (C=O) groups is 1. The summed E-state index contributed by atoms with van der Waals surface area (Å²) in [5, 5.41) is 5.39. The summed E-state index contributed by atoms with van der Waals surface area (Å²) in [6.07, 6.45) is 0. The minimum atomic E-state index is -0.306. The van der Waals surface area contributed by atoms with Crippen LogP contribution in [-0.2, 0) is 0 Å². The van der Waals surface area contributed by atoms with Gasteiger partial charge in [0.05, 0.1) is 20.8 Å². The summed E-state index contributed by atoms with van der Waals surface area (Å²) in [5.74, 6) is 7.38. The highest BCUT2D eigenvalue weighted by Gasteiger charge is 2.00. The molecule has 0 saturated heterocycles. The van der Waals surface area contributed by atoms with Crippen LogP contribution in [0.2, 0.25) is 0 Å². The van der Waals surface area contributed by atoms with Gasteiger partial charge in [0.2, 0.25) is 0 Å². The van der Waals surface area contributed by atoms with Gasteiger partial charge in [-0.3, -0.25) is 0 Å². The monoisotopic (exact) mass is 310 g/mol. The Hall–Kier alpha value is -3.13. The first-order valence-corrected chi connectivity index (χ1v) is 7.03. The molecule has 0 aliphatic carbocycles. The summed E-state index contributed by atoms with van der Waals surface area (Å²) in [5.41, 5.74) is 1.55. The molecule has 0 unspecified atom stereocenters. The first-order chi connectivity index (χ1) is 11.2. The van der Waals surface area contributed by atoms with Crippen LogP contribution in [-0.4, -0.2) is 26.8 Å². The minimum Gasteiger partial charge on any atom is -0.497 e. The third kappa shape index (κ3) is 5.29. The van der Waals surface area contributed by atoms with Gasteiger partial charge in [-0.15, -0.1) is 0 Å². The number of amides is 2. The molecule has 0 bridgehead atoms. The van der Waals surface area contributed by atoms with Gasteiger partial charge in [-0.2, -0.15) is 0 Å². The van der Waals surface area contributed by atoms with Crippen molar-refractivity contribution in [2.75, 3.05) is 26.1 Å². The van der Waals surface area contributed by atoms with Crippen molar-refractivity contribution in [1.82, 2.24) is 5.32 Å². The molecule has 0 radical (unpaired) electrons. The summed E-state index contributed by atoms with van der Waals surface area (Å²) in [7, 11) is 3.21. The normalized spacial score (nSPS) is 9.30. The molecule has 0 atom stereocenters. The van der Waals surface area contributed by atoms with E-state index in [1.54, 1.807) is 38.5 Å². The van der Waals surface area contributed by atoms with Crippen molar-refractivity contribution in [2.45, 2.75) is 0 Å². The molecule has 2 N–H and O–H groups in total. The van der Waals surface area contributed by atoms with Crippen LogP contribution in [0.15, 0.2) is 48.5 Å². The van der Waals surface area contributed by atoms with E-state index in [-0.39, 0.29) is 12.6 Å². The van der Waals surface area contributed by atoms with Crippen LogP contribution < -0.4 is 20.1 Å². The second kappa shape index (κ2) is 8.35. The molecular formula is C18H18N2O3. The Kier molecular flexibility index (Phi) is 5.89. The van der Waals surface area contributed by atoms with Crippen LogP contribution in [0, 0.1) is 11.8 Å². The van der Waals surface area contributed by atoms with Gasteiger partial charge in [-0.25, -0.2) is 4.79 Å². The quantitative estimate of drug-likeness (QED) is 0.854. The second-order valence-corrected chi connectivity index (χ2v) is 4.57. The standard InChI is InChI=1S/C18H18N2O3/c1-22-16-9-5-14(6-10-16)4-3-13-19-18(21)20-15-7-11-17(23-2)12-8-15/h5-12H,13H2,1-2H3,(H2,19,20,21). The van der Waals surface area contributed by atoms with E-state index in [9.17, 15) is 4.79 Å². The van der Waals surface area contributed by atoms with Gasteiger partial charge >= 0.3 is 6.03 Å². The Morgan fingerprint density at radius 3 is 2.09 bits per heavy atom. The maximum absolute atomic E-state index is 11.7. The van der Waals surface area contributed by atoms with Crippen molar-refractivity contribution in [3.05, 3.63) is 54.1 Å². The topological polar surface area (TPSA) is 59.6 Å². The lowest BCUT2D eigenvalue weighted by Crippen LogP contribution is -2.28. The zero-order chi connectivity index (χ0) is 16.5. The number of carbonyl (C=O) groups excluding carboxylic acids is 1. The predicted octanol–water partition coefficient (Wildman–Crippen LogP) is 2.88. The molecule has 0 aliphatic heterocycles. The molecule has 0 heterocycles. The highest BCUT2D eigenvalue weighted by Crippen LogP contribution is 2.14. The third-order valence-corrected chi connectivity index (χ3v) is 3.01. The minimum absolute atomic E-state index is 0.258. The molecular weight excluding hydrogens is 292 g/mol. The molecule has 2 aromatic rings. The summed E-state index contributed by atoms with van der Waals surface area (Å²) < 4.78 is 10.1. The van der Waals surface area contributed by atoms with E-state index < -0.39 is 0 Å². The maximum atomic E-state index is 11.7. The van der Waals surface area contributed by atoms with Crippen molar-refractivity contribution in [3.8, 4) is 23.3 Å². The van der Waals surface area contributed by atoms with Gasteiger partial charge in [0.15, 0.2) is 0 Å². The van der Waals surface area contributed by atoms with E-state index in [2.05, 4.69) is 22.5 Å². The van der Waals surface area contributed by atoms with E-state index in [1.807, 2.05) is 24.3 Å². The lowest BCUT2D eigenvalue weighted by atomic mass is 10.2. The number of hydrogen-bond donors (Lipinski definition) is 2. The van der Waals surface area contributed by atoms with Crippen molar-refractivity contribution in [3.63, 3.8) is 0 Å². The first-order valence-electron chi connectivity index (χ1n) is 7.03. The van der Waals surface area contributed by atoms with Gasteiger partial charge in [-0.05, 0) is 48.5 Å². The van der Waals surface area contributed by atoms with Crippen LogP contribution in [0.3, 0.4) is 0 Å². The zero-order valence-corrected chi connectivity index (χ0v) is 13.1. The fourth-order valence-corrected chi connectivity index (χ4v) is 1.79. The number of nitrogens with one attached hydrogen (secondary N) is 2. The van der Waals surface area contributed by atoms with E-state index in [0.29, 0.717) is 5.69 Å². The van der Waals surface area contributed by atoms with E-state index in [1.165, 1.54) is 0 Å². The fourth-order valence-electron chi connectivity index (χ4n) is 1.79. The molecule has 5 nitrogen and oxygen atoms in total. The van der Waals surface area contributed by atoms with Crippen molar-refractivity contribution >= 4 is 11.7 Å². The number of hydrogen-bond acceptors (Lipinski definition) is 3.